The van der Waals surface area contributed by atoms with Crippen molar-refractivity contribution in [2.75, 3.05) is 9.80 Å². The summed E-state index contributed by atoms with van der Waals surface area (Å²) >= 11 is 0. The minimum atomic E-state index is -0.345. The number of fused-ring (bicyclic) bond motifs is 10. The van der Waals surface area contributed by atoms with E-state index in [1.807, 2.05) is 0 Å². The molecule has 0 radical (unpaired) electrons. The van der Waals surface area contributed by atoms with Crippen molar-refractivity contribution in [3.05, 3.63) is 227 Å². The number of benzene rings is 8. The zero-order valence-electron chi connectivity index (χ0n) is 34.5. The predicted molar refractivity (Wildman–Crippen MR) is 249 cm³/mol. The third kappa shape index (κ3) is 5.05. The van der Waals surface area contributed by atoms with Gasteiger partial charge < -0.3 is 9.80 Å². The smallest absolute Gasteiger partial charge is 0.0718 e. The number of rotatable bonds is 6. The van der Waals surface area contributed by atoms with E-state index in [4.69, 9.17) is 0 Å². The molecule has 0 bridgehead atoms. The van der Waals surface area contributed by atoms with Crippen LogP contribution in [0.1, 0.15) is 74.4 Å². The highest BCUT2D eigenvalue weighted by atomic mass is 15.2. The first kappa shape index (κ1) is 35.5. The Morgan fingerprint density at radius 1 is 0.407 bits per heavy atom. The van der Waals surface area contributed by atoms with Gasteiger partial charge in [0.25, 0.3) is 0 Å². The molecule has 1 unspecified atom stereocenters. The van der Waals surface area contributed by atoms with Crippen molar-refractivity contribution < 1.29 is 0 Å². The van der Waals surface area contributed by atoms with Gasteiger partial charge in [0.2, 0.25) is 0 Å². The molecular weight excluding hydrogens is 713 g/mol. The molecule has 1 atom stereocenters. The molecule has 11 rings (SSSR count). The second-order valence-electron chi connectivity index (χ2n) is 17.9. The second-order valence-corrected chi connectivity index (χ2v) is 17.9. The normalized spacial score (nSPS) is 17.8. The van der Waals surface area contributed by atoms with E-state index in [-0.39, 0.29) is 16.4 Å². The SMILES string of the molecule is CC1(C)C2=C(c3ccccc3C(C)(N(c3ccccc3)c3ccccc3)C2)c2ccc3c(c21)C(C)(C)c1cc(N(c2ccccc2)c2ccccc2)c2ccccc2c1-3. The lowest BCUT2D eigenvalue weighted by molar-refractivity contribution is 0.435. The Labute approximate surface area is 348 Å². The summed E-state index contributed by atoms with van der Waals surface area (Å²) in [6.07, 6.45) is 0.906. The second kappa shape index (κ2) is 12.9. The molecule has 0 saturated carbocycles. The van der Waals surface area contributed by atoms with E-state index in [2.05, 4.69) is 232 Å². The van der Waals surface area contributed by atoms with Crippen molar-refractivity contribution in [3.8, 4) is 11.1 Å². The summed E-state index contributed by atoms with van der Waals surface area (Å²) in [5.41, 5.74) is 19.2. The summed E-state index contributed by atoms with van der Waals surface area (Å²) in [6, 6.07) is 69.4. The molecule has 2 heteroatoms. The molecule has 286 valence electrons. The van der Waals surface area contributed by atoms with Gasteiger partial charge in [-0.3, -0.25) is 0 Å². The number of para-hydroxylation sites is 4. The van der Waals surface area contributed by atoms with Gasteiger partial charge in [0.1, 0.15) is 0 Å². The van der Waals surface area contributed by atoms with Crippen molar-refractivity contribution in [2.24, 2.45) is 0 Å². The fourth-order valence-corrected chi connectivity index (χ4v) is 11.3. The van der Waals surface area contributed by atoms with Crippen LogP contribution in [0.5, 0.6) is 0 Å². The Hall–Kier alpha value is -6.64. The largest absolute Gasteiger partial charge is 0.331 e. The average Bonchev–Trinajstić information content (AvgIpc) is 3.64. The lowest BCUT2D eigenvalue weighted by Crippen LogP contribution is -2.44. The number of hydrogen-bond donors (Lipinski definition) is 0. The molecule has 0 amide bonds. The van der Waals surface area contributed by atoms with Gasteiger partial charge in [0.15, 0.2) is 0 Å². The fourth-order valence-electron chi connectivity index (χ4n) is 11.3. The molecule has 0 heterocycles. The lowest BCUT2D eigenvalue weighted by Gasteiger charge is -2.48. The van der Waals surface area contributed by atoms with Gasteiger partial charge in [0, 0.05) is 39.0 Å². The highest BCUT2D eigenvalue weighted by Gasteiger charge is 2.52. The monoisotopic (exact) mass is 760 g/mol. The number of anilines is 5. The van der Waals surface area contributed by atoms with Crippen LogP contribution >= 0.6 is 0 Å². The summed E-state index contributed by atoms with van der Waals surface area (Å²) in [5.74, 6) is 0. The maximum absolute atomic E-state index is 2.60. The Morgan fingerprint density at radius 3 is 1.47 bits per heavy atom. The topological polar surface area (TPSA) is 6.48 Å². The first-order valence-corrected chi connectivity index (χ1v) is 21.1. The first-order chi connectivity index (χ1) is 28.7. The number of hydrogen-bond acceptors (Lipinski definition) is 2. The van der Waals surface area contributed by atoms with Crippen LogP contribution in [0.4, 0.5) is 28.4 Å². The van der Waals surface area contributed by atoms with Crippen LogP contribution in [0.2, 0.25) is 0 Å². The van der Waals surface area contributed by atoms with E-state index in [1.54, 1.807) is 0 Å². The van der Waals surface area contributed by atoms with E-state index in [9.17, 15) is 0 Å². The van der Waals surface area contributed by atoms with Gasteiger partial charge in [0.05, 0.1) is 11.2 Å². The Morgan fingerprint density at radius 2 is 0.881 bits per heavy atom. The minimum Gasteiger partial charge on any atom is -0.331 e. The van der Waals surface area contributed by atoms with Crippen LogP contribution < -0.4 is 9.80 Å². The molecule has 8 aromatic rings. The van der Waals surface area contributed by atoms with Crippen LogP contribution in [0.25, 0.3) is 27.5 Å². The number of nitrogens with zero attached hydrogens (tertiary/aromatic N) is 2. The fraction of sp³-hybridized carbons (Fsp3) is 0.158. The Balaban J connectivity index is 1.12. The minimum absolute atomic E-state index is 0.220. The standard InChI is InChI=1S/C57H48N2/c1-55(2)48-36-50(58(38-22-10-6-11-23-38)39-24-12-7-13-25-39)42-30-18-19-31-43(42)51(48)45-34-35-46-52-44-32-20-21-33-47(44)57(5,37-49(52)56(3,4)54(46)53(45)55)59(40-26-14-8-15-27-40)41-28-16-9-17-29-41/h6-36H,37H2,1-5H3. The van der Waals surface area contributed by atoms with E-state index in [0.29, 0.717) is 0 Å². The van der Waals surface area contributed by atoms with Crippen LogP contribution in [0, 0.1) is 0 Å². The Kier molecular flexibility index (Phi) is 7.79. The van der Waals surface area contributed by atoms with Crippen molar-refractivity contribution in [1.29, 1.82) is 0 Å². The van der Waals surface area contributed by atoms with Crippen molar-refractivity contribution >= 4 is 44.8 Å². The predicted octanol–water partition coefficient (Wildman–Crippen LogP) is 15.2. The van der Waals surface area contributed by atoms with Crippen molar-refractivity contribution in [3.63, 3.8) is 0 Å². The molecule has 0 saturated heterocycles. The first-order valence-electron chi connectivity index (χ1n) is 21.1. The third-order valence-corrected chi connectivity index (χ3v) is 13.8. The van der Waals surface area contributed by atoms with Gasteiger partial charge in [-0.15, -0.1) is 0 Å². The molecule has 8 aromatic carbocycles. The molecule has 0 aromatic heterocycles. The van der Waals surface area contributed by atoms with Gasteiger partial charge in [-0.25, -0.2) is 0 Å². The van der Waals surface area contributed by atoms with E-state index >= 15 is 0 Å². The summed E-state index contributed by atoms with van der Waals surface area (Å²) in [6.45, 7) is 12.4. The molecule has 3 aliphatic rings. The molecule has 59 heavy (non-hydrogen) atoms. The van der Waals surface area contributed by atoms with Gasteiger partial charge in [-0.05, 0) is 129 Å². The van der Waals surface area contributed by atoms with E-state index < -0.39 is 0 Å². The van der Waals surface area contributed by atoms with Gasteiger partial charge >= 0.3 is 0 Å². The van der Waals surface area contributed by atoms with Crippen LogP contribution in [0.3, 0.4) is 0 Å². The van der Waals surface area contributed by atoms with Crippen molar-refractivity contribution in [1.82, 2.24) is 0 Å². The van der Waals surface area contributed by atoms with Crippen molar-refractivity contribution in [2.45, 2.75) is 57.4 Å². The summed E-state index contributed by atoms with van der Waals surface area (Å²) in [7, 11) is 0. The maximum Gasteiger partial charge on any atom is 0.0718 e. The molecule has 2 nitrogen and oxygen atoms in total. The molecular formula is C57H48N2. The summed E-state index contributed by atoms with van der Waals surface area (Å²) < 4.78 is 0. The average molecular weight is 761 g/mol. The quantitative estimate of drug-likeness (QED) is 0.167. The summed E-state index contributed by atoms with van der Waals surface area (Å²) in [4.78, 5) is 5.04. The molecule has 0 spiro atoms. The zero-order valence-corrected chi connectivity index (χ0v) is 34.5. The van der Waals surface area contributed by atoms with E-state index in [1.165, 1.54) is 83.5 Å². The van der Waals surface area contributed by atoms with E-state index in [0.717, 1.165) is 17.8 Å². The maximum atomic E-state index is 2.60. The van der Waals surface area contributed by atoms with Crippen LogP contribution in [-0.4, -0.2) is 0 Å². The van der Waals surface area contributed by atoms with Gasteiger partial charge in [-0.2, -0.15) is 0 Å². The zero-order chi connectivity index (χ0) is 40.1. The molecule has 0 N–H and O–H groups in total. The highest BCUT2D eigenvalue weighted by Crippen LogP contribution is 2.64. The molecule has 0 aliphatic heterocycles. The third-order valence-electron chi connectivity index (χ3n) is 13.8. The summed E-state index contributed by atoms with van der Waals surface area (Å²) in [5, 5.41) is 2.56. The Bertz CT molecular complexity index is 2880. The lowest BCUT2D eigenvalue weighted by atomic mass is 9.67. The van der Waals surface area contributed by atoms with Crippen LogP contribution in [0.15, 0.2) is 194 Å². The van der Waals surface area contributed by atoms with Gasteiger partial charge in [-0.1, -0.05) is 161 Å². The highest BCUT2D eigenvalue weighted by molar-refractivity contribution is 6.11. The van der Waals surface area contributed by atoms with Crippen LogP contribution in [-0.2, 0) is 16.4 Å². The molecule has 3 aliphatic carbocycles. The molecule has 0 fully saturated rings.